The lowest BCUT2D eigenvalue weighted by molar-refractivity contribution is 0.477. The molecule has 0 atom stereocenters. The van der Waals surface area contributed by atoms with E-state index >= 15 is 0 Å². The van der Waals surface area contributed by atoms with E-state index in [-0.39, 0.29) is 5.75 Å². The van der Waals surface area contributed by atoms with Crippen LogP contribution < -0.4 is 0 Å². The van der Waals surface area contributed by atoms with Gasteiger partial charge < -0.3 is 5.11 Å². The fourth-order valence-corrected chi connectivity index (χ4v) is 5.76. The quantitative estimate of drug-likeness (QED) is 0.239. The van der Waals surface area contributed by atoms with Gasteiger partial charge >= 0.3 is 0 Å². The van der Waals surface area contributed by atoms with Crippen molar-refractivity contribution in [1.82, 2.24) is 0 Å². The Hall–Kier alpha value is -5.14. The summed E-state index contributed by atoms with van der Waals surface area (Å²) in [4.78, 5) is 0. The molecule has 1 heteroatoms. The van der Waals surface area contributed by atoms with Gasteiger partial charge in [0.25, 0.3) is 0 Å². The summed E-state index contributed by atoms with van der Waals surface area (Å²) in [5, 5.41) is 15.9. The molecule has 0 unspecified atom stereocenters. The fourth-order valence-electron chi connectivity index (χ4n) is 5.76. The number of phenols is 1. The van der Waals surface area contributed by atoms with Gasteiger partial charge in [0, 0.05) is 11.1 Å². The summed E-state index contributed by atoms with van der Waals surface area (Å²) in [6.07, 6.45) is 0. The Balaban J connectivity index is 1.49. The maximum Gasteiger partial charge on any atom is 0.123 e. The van der Waals surface area contributed by atoms with Crippen LogP contribution in [-0.4, -0.2) is 5.11 Å². The molecule has 0 bridgehead atoms. The van der Waals surface area contributed by atoms with Gasteiger partial charge in [0.05, 0.1) is 0 Å². The van der Waals surface area contributed by atoms with Crippen LogP contribution >= 0.6 is 0 Å². The molecule has 0 spiro atoms. The van der Waals surface area contributed by atoms with Crippen molar-refractivity contribution >= 4 is 21.5 Å². The molecule has 0 aliphatic rings. The van der Waals surface area contributed by atoms with Crippen LogP contribution in [0.2, 0.25) is 0 Å². The molecule has 184 valence electrons. The number of phenolic OH excluding ortho intramolecular Hbond substituents is 1. The summed E-state index contributed by atoms with van der Waals surface area (Å²) >= 11 is 0. The van der Waals surface area contributed by atoms with Gasteiger partial charge in [0.15, 0.2) is 0 Å². The summed E-state index contributed by atoms with van der Waals surface area (Å²) in [5.41, 5.74) is 8.85. The molecule has 0 aliphatic heterocycles. The van der Waals surface area contributed by atoms with Crippen molar-refractivity contribution in [3.05, 3.63) is 152 Å². The van der Waals surface area contributed by atoms with Gasteiger partial charge in [-0.3, -0.25) is 0 Å². The molecule has 1 nitrogen and oxygen atoms in total. The van der Waals surface area contributed by atoms with Crippen LogP contribution in [-0.2, 0) is 0 Å². The zero-order chi connectivity index (χ0) is 26.2. The molecule has 0 aliphatic carbocycles. The van der Waals surface area contributed by atoms with Crippen LogP contribution in [0.25, 0.3) is 66.1 Å². The predicted molar refractivity (Wildman–Crippen MR) is 165 cm³/mol. The summed E-state index contributed by atoms with van der Waals surface area (Å²) < 4.78 is 0. The molecule has 0 amide bonds. The number of hydrogen-bond donors (Lipinski definition) is 1. The van der Waals surface area contributed by atoms with E-state index in [1.165, 1.54) is 33.0 Å². The average Bonchev–Trinajstić information content (AvgIpc) is 3.01. The van der Waals surface area contributed by atoms with E-state index in [0.29, 0.717) is 0 Å². The summed E-state index contributed by atoms with van der Waals surface area (Å²) in [6.45, 7) is 0. The van der Waals surface area contributed by atoms with Crippen molar-refractivity contribution in [1.29, 1.82) is 0 Å². The first-order valence-electron chi connectivity index (χ1n) is 13.3. The predicted octanol–water partition coefficient (Wildman–Crippen LogP) is 10.4. The first-order valence-corrected chi connectivity index (χ1v) is 13.3. The number of fused-ring (bicyclic) bond motifs is 2. The highest BCUT2D eigenvalue weighted by Crippen LogP contribution is 2.46. The standard InChI is InChI=1S/C38H26O/c39-36-23-22-30(29-17-11-16-28(24-29)26-12-3-1-4-13-26)25-35(36)38-33-20-9-7-18-31(33)37(27-14-5-2-6-15-27)32-19-8-10-21-34(32)38/h1-25,39H. The van der Waals surface area contributed by atoms with E-state index in [4.69, 9.17) is 0 Å². The fraction of sp³-hybridized carbons (Fsp3) is 0. The minimum absolute atomic E-state index is 0.278. The largest absolute Gasteiger partial charge is 0.507 e. The van der Waals surface area contributed by atoms with Gasteiger partial charge in [0.1, 0.15) is 5.75 Å². The topological polar surface area (TPSA) is 20.2 Å². The maximum atomic E-state index is 11.3. The molecule has 0 fully saturated rings. The Bertz CT molecular complexity index is 1900. The number of rotatable bonds is 4. The van der Waals surface area contributed by atoms with Crippen molar-refractivity contribution in [2.24, 2.45) is 0 Å². The normalized spacial score (nSPS) is 11.2. The highest BCUT2D eigenvalue weighted by molar-refractivity contribution is 6.21. The van der Waals surface area contributed by atoms with Crippen molar-refractivity contribution < 1.29 is 5.11 Å². The molecule has 1 N–H and O–H groups in total. The molecule has 39 heavy (non-hydrogen) atoms. The zero-order valence-corrected chi connectivity index (χ0v) is 21.4. The second-order valence-electron chi connectivity index (χ2n) is 9.89. The summed E-state index contributed by atoms with van der Waals surface area (Å²) in [7, 11) is 0. The van der Waals surface area contributed by atoms with E-state index in [0.717, 1.165) is 33.0 Å². The number of aromatic hydroxyl groups is 1. The first-order chi connectivity index (χ1) is 19.3. The Kier molecular flexibility index (Phi) is 5.68. The van der Waals surface area contributed by atoms with E-state index in [1.807, 2.05) is 18.2 Å². The smallest absolute Gasteiger partial charge is 0.123 e. The van der Waals surface area contributed by atoms with Gasteiger partial charge in [0.2, 0.25) is 0 Å². The lowest BCUT2D eigenvalue weighted by Crippen LogP contribution is -1.91. The zero-order valence-electron chi connectivity index (χ0n) is 21.4. The molecule has 0 radical (unpaired) electrons. The second kappa shape index (κ2) is 9.63. The molecule has 7 rings (SSSR count). The molecule has 0 aromatic heterocycles. The Labute approximate surface area is 228 Å². The molecule has 0 saturated heterocycles. The SMILES string of the molecule is Oc1ccc(-c2cccc(-c3ccccc3)c2)cc1-c1c2ccccc2c(-c2ccccc2)c2ccccc12. The van der Waals surface area contributed by atoms with E-state index in [9.17, 15) is 5.11 Å². The minimum atomic E-state index is 0.278. The summed E-state index contributed by atoms with van der Waals surface area (Å²) in [6, 6.07) is 52.7. The van der Waals surface area contributed by atoms with Crippen LogP contribution in [0.15, 0.2) is 152 Å². The van der Waals surface area contributed by atoms with Gasteiger partial charge in [-0.1, -0.05) is 133 Å². The van der Waals surface area contributed by atoms with Gasteiger partial charge in [-0.25, -0.2) is 0 Å². The van der Waals surface area contributed by atoms with Crippen molar-refractivity contribution in [2.75, 3.05) is 0 Å². The maximum absolute atomic E-state index is 11.3. The van der Waals surface area contributed by atoms with Crippen LogP contribution in [0.1, 0.15) is 0 Å². The van der Waals surface area contributed by atoms with Gasteiger partial charge in [-0.05, 0) is 73.1 Å². The van der Waals surface area contributed by atoms with E-state index in [1.54, 1.807) is 0 Å². The Morgan fingerprint density at radius 2 is 0.744 bits per heavy atom. The third-order valence-corrected chi connectivity index (χ3v) is 7.56. The van der Waals surface area contributed by atoms with Crippen LogP contribution in [0.5, 0.6) is 5.75 Å². The lowest BCUT2D eigenvalue weighted by atomic mass is 9.85. The van der Waals surface area contributed by atoms with Crippen molar-refractivity contribution in [3.8, 4) is 50.3 Å². The van der Waals surface area contributed by atoms with Gasteiger partial charge in [-0.15, -0.1) is 0 Å². The van der Waals surface area contributed by atoms with Gasteiger partial charge in [-0.2, -0.15) is 0 Å². The molecule has 0 heterocycles. The Morgan fingerprint density at radius 1 is 0.308 bits per heavy atom. The molecular weight excluding hydrogens is 472 g/mol. The van der Waals surface area contributed by atoms with E-state index in [2.05, 4.69) is 133 Å². The lowest BCUT2D eigenvalue weighted by Gasteiger charge is -2.19. The minimum Gasteiger partial charge on any atom is -0.507 e. The van der Waals surface area contributed by atoms with Crippen molar-refractivity contribution in [3.63, 3.8) is 0 Å². The van der Waals surface area contributed by atoms with Crippen LogP contribution in [0.3, 0.4) is 0 Å². The summed E-state index contributed by atoms with van der Waals surface area (Å²) in [5.74, 6) is 0.278. The van der Waals surface area contributed by atoms with E-state index < -0.39 is 0 Å². The van der Waals surface area contributed by atoms with Crippen LogP contribution in [0, 0.1) is 0 Å². The Morgan fingerprint density at radius 3 is 1.33 bits per heavy atom. The molecule has 7 aromatic rings. The first kappa shape index (κ1) is 23.0. The third-order valence-electron chi connectivity index (χ3n) is 7.56. The highest BCUT2D eigenvalue weighted by Gasteiger charge is 2.18. The number of benzene rings is 7. The van der Waals surface area contributed by atoms with Crippen molar-refractivity contribution in [2.45, 2.75) is 0 Å². The second-order valence-corrected chi connectivity index (χ2v) is 9.89. The van der Waals surface area contributed by atoms with Crippen LogP contribution in [0.4, 0.5) is 0 Å². The highest BCUT2D eigenvalue weighted by atomic mass is 16.3. The molecule has 0 saturated carbocycles. The number of hydrogen-bond acceptors (Lipinski definition) is 1. The molecule has 7 aromatic carbocycles. The average molecular weight is 499 g/mol. The monoisotopic (exact) mass is 498 g/mol. The molecular formula is C38H26O. The third kappa shape index (κ3) is 4.05.